The van der Waals surface area contributed by atoms with E-state index >= 15 is 0 Å². The molecule has 8 heteroatoms. The molecule has 6 nitrogen and oxygen atoms in total. The van der Waals surface area contributed by atoms with Crippen molar-refractivity contribution in [3.63, 3.8) is 0 Å². The van der Waals surface area contributed by atoms with Gasteiger partial charge in [-0.05, 0) is 52.8 Å². The minimum Gasteiger partial charge on any atom is -0.394 e. The number of benzene rings is 1. The van der Waals surface area contributed by atoms with Gasteiger partial charge in [0, 0.05) is 57.4 Å². The molecule has 28 heavy (non-hydrogen) atoms. The Balaban J connectivity index is 2.84. The Morgan fingerprint density at radius 1 is 0.643 bits per heavy atom. The molecule has 0 spiro atoms. The molecule has 0 aliphatic carbocycles. The summed E-state index contributed by atoms with van der Waals surface area (Å²) in [5, 5.41) is 3.48. The predicted molar refractivity (Wildman–Crippen MR) is 119 cm³/mol. The maximum Gasteiger partial charge on any atom is 0.500 e. The zero-order valence-electron chi connectivity index (χ0n) is 18.3. The van der Waals surface area contributed by atoms with Crippen molar-refractivity contribution in [2.75, 3.05) is 44.9 Å². The highest BCUT2D eigenvalue weighted by Gasteiger charge is 2.46. The quantitative estimate of drug-likeness (QED) is 0.363. The topological polar surface area (TPSA) is 58.2 Å². The molecule has 0 aliphatic heterocycles. The van der Waals surface area contributed by atoms with E-state index in [4.69, 9.17) is 22.1 Å². The number of hydrogen-bond donors (Lipinski definition) is 1. The second kappa shape index (κ2) is 14.3. The van der Waals surface area contributed by atoms with Crippen LogP contribution in [0, 0.1) is 0 Å². The normalized spacial score (nSPS) is 12.3. The Hall–Kier alpha value is -0.746. The van der Waals surface area contributed by atoms with E-state index in [2.05, 4.69) is 17.4 Å². The molecule has 0 saturated carbocycles. The fourth-order valence-corrected chi connectivity index (χ4v) is 10.5. The van der Waals surface area contributed by atoms with E-state index < -0.39 is 17.4 Å². The van der Waals surface area contributed by atoms with Crippen molar-refractivity contribution in [2.45, 2.75) is 52.8 Å². The standard InChI is InChI=1S/C20H39NO5Si2/c1-6-22-27(23-7-2,17-16-21-20-14-12-11-13-15-20)18-19-28(24-8-3,25-9-4)26-10-5/h11-15,21H,6-10,16-19H2,1-5H3. The molecule has 162 valence electrons. The summed E-state index contributed by atoms with van der Waals surface area (Å²) in [4.78, 5) is 0. The summed E-state index contributed by atoms with van der Waals surface area (Å²) in [5.74, 6) is 0. The van der Waals surface area contributed by atoms with Crippen LogP contribution in [0.4, 0.5) is 5.69 Å². The van der Waals surface area contributed by atoms with Gasteiger partial charge in [-0.1, -0.05) is 18.2 Å². The van der Waals surface area contributed by atoms with E-state index in [-0.39, 0.29) is 0 Å². The van der Waals surface area contributed by atoms with Crippen LogP contribution in [0.2, 0.25) is 18.1 Å². The maximum atomic E-state index is 6.27. The lowest BCUT2D eigenvalue weighted by Gasteiger charge is -2.34. The molecule has 0 unspecified atom stereocenters. The van der Waals surface area contributed by atoms with E-state index in [1.165, 1.54) is 0 Å². The molecule has 1 N–H and O–H groups in total. The minimum atomic E-state index is -2.71. The van der Waals surface area contributed by atoms with Gasteiger partial charge < -0.3 is 27.4 Å². The van der Waals surface area contributed by atoms with Gasteiger partial charge in [-0.15, -0.1) is 0 Å². The van der Waals surface area contributed by atoms with Crippen molar-refractivity contribution in [2.24, 2.45) is 0 Å². The largest absolute Gasteiger partial charge is 0.500 e. The summed E-state index contributed by atoms with van der Waals surface area (Å²) in [6.45, 7) is 13.9. The first-order chi connectivity index (χ1) is 13.6. The number of anilines is 1. The third kappa shape index (κ3) is 8.73. The van der Waals surface area contributed by atoms with E-state index in [1.54, 1.807) is 0 Å². The summed E-state index contributed by atoms with van der Waals surface area (Å²) < 4.78 is 30.6. The van der Waals surface area contributed by atoms with Gasteiger partial charge in [0.15, 0.2) is 0 Å². The van der Waals surface area contributed by atoms with Crippen molar-refractivity contribution >= 4 is 23.1 Å². The van der Waals surface area contributed by atoms with Crippen LogP contribution in [0.15, 0.2) is 30.3 Å². The van der Waals surface area contributed by atoms with Crippen LogP contribution in [-0.2, 0) is 22.1 Å². The Morgan fingerprint density at radius 2 is 1.14 bits per heavy atom. The van der Waals surface area contributed by atoms with Gasteiger partial charge in [0.05, 0.1) is 0 Å². The van der Waals surface area contributed by atoms with Crippen LogP contribution >= 0.6 is 0 Å². The van der Waals surface area contributed by atoms with Crippen molar-refractivity contribution in [1.82, 2.24) is 0 Å². The first-order valence-electron chi connectivity index (χ1n) is 10.6. The maximum absolute atomic E-state index is 6.27. The Kier molecular flexibility index (Phi) is 12.9. The summed E-state index contributed by atoms with van der Waals surface area (Å²) in [5.41, 5.74) is 1.11. The lowest BCUT2D eigenvalue weighted by molar-refractivity contribution is 0.0711. The van der Waals surface area contributed by atoms with Crippen LogP contribution in [0.3, 0.4) is 0 Å². The molecule has 0 amide bonds. The molecule has 0 saturated heterocycles. The van der Waals surface area contributed by atoms with E-state index in [1.807, 2.05) is 52.8 Å². The predicted octanol–water partition coefficient (Wildman–Crippen LogP) is 4.66. The highest BCUT2D eigenvalue weighted by atomic mass is 28.4. The third-order valence-corrected chi connectivity index (χ3v) is 11.5. The number of hydrogen-bond acceptors (Lipinski definition) is 6. The summed E-state index contributed by atoms with van der Waals surface area (Å²) in [6, 6.07) is 12.6. The van der Waals surface area contributed by atoms with E-state index in [0.717, 1.165) is 30.4 Å². The first-order valence-corrected chi connectivity index (χ1v) is 14.7. The summed E-state index contributed by atoms with van der Waals surface area (Å²) >= 11 is 0. The highest BCUT2D eigenvalue weighted by molar-refractivity contribution is 6.70. The molecule has 0 aliphatic rings. The highest BCUT2D eigenvalue weighted by Crippen LogP contribution is 2.28. The molecule has 1 rings (SSSR count). The summed E-state index contributed by atoms with van der Waals surface area (Å²) in [6.07, 6.45) is 0. The number of para-hydroxylation sites is 1. The summed E-state index contributed by atoms with van der Waals surface area (Å²) in [7, 11) is -5.13. The van der Waals surface area contributed by atoms with Gasteiger partial charge in [-0.25, -0.2) is 0 Å². The average Bonchev–Trinajstić information content (AvgIpc) is 2.68. The second-order valence-electron chi connectivity index (χ2n) is 6.30. The SMILES string of the molecule is CCO[Si](CCNc1ccccc1)(CC[Si](OCC)(OCC)OCC)OCC. The van der Waals surface area contributed by atoms with E-state index in [9.17, 15) is 0 Å². The Bertz CT molecular complexity index is 484. The van der Waals surface area contributed by atoms with Crippen LogP contribution in [0.5, 0.6) is 0 Å². The van der Waals surface area contributed by atoms with Gasteiger partial charge in [-0.3, -0.25) is 0 Å². The molecular formula is C20H39NO5Si2. The molecule has 0 fully saturated rings. The molecular weight excluding hydrogens is 390 g/mol. The van der Waals surface area contributed by atoms with Crippen molar-refractivity contribution in [1.29, 1.82) is 0 Å². The van der Waals surface area contributed by atoms with Crippen molar-refractivity contribution in [3.05, 3.63) is 30.3 Å². The van der Waals surface area contributed by atoms with Gasteiger partial charge in [0.25, 0.3) is 0 Å². The molecule has 0 heterocycles. The second-order valence-corrected chi connectivity index (χ2v) is 12.4. The molecule has 0 bridgehead atoms. The lowest BCUT2D eigenvalue weighted by Crippen LogP contribution is -2.50. The smallest absolute Gasteiger partial charge is 0.394 e. The molecule has 0 radical (unpaired) electrons. The minimum absolute atomic E-state index is 0.583. The lowest BCUT2D eigenvalue weighted by atomic mass is 10.3. The molecule has 1 aromatic carbocycles. The molecule has 0 aromatic heterocycles. The molecule has 0 atom stereocenters. The third-order valence-electron chi connectivity index (χ3n) is 4.33. The van der Waals surface area contributed by atoms with E-state index in [0.29, 0.717) is 33.0 Å². The van der Waals surface area contributed by atoms with Crippen LogP contribution in [-0.4, -0.2) is 56.9 Å². The monoisotopic (exact) mass is 429 g/mol. The van der Waals surface area contributed by atoms with Gasteiger partial charge in [0.2, 0.25) is 0 Å². The number of nitrogens with one attached hydrogen (secondary N) is 1. The average molecular weight is 430 g/mol. The van der Waals surface area contributed by atoms with Crippen molar-refractivity contribution in [3.8, 4) is 0 Å². The van der Waals surface area contributed by atoms with Gasteiger partial charge in [-0.2, -0.15) is 0 Å². The van der Waals surface area contributed by atoms with Crippen molar-refractivity contribution < 1.29 is 22.1 Å². The van der Waals surface area contributed by atoms with Gasteiger partial charge >= 0.3 is 17.4 Å². The zero-order valence-corrected chi connectivity index (χ0v) is 20.3. The number of rotatable bonds is 17. The van der Waals surface area contributed by atoms with Crippen LogP contribution in [0.25, 0.3) is 0 Å². The Morgan fingerprint density at radius 3 is 1.61 bits per heavy atom. The fraction of sp³-hybridized carbons (Fsp3) is 0.700. The van der Waals surface area contributed by atoms with Crippen LogP contribution in [0.1, 0.15) is 34.6 Å². The van der Waals surface area contributed by atoms with Gasteiger partial charge in [0.1, 0.15) is 0 Å². The van der Waals surface area contributed by atoms with Crippen LogP contribution < -0.4 is 5.32 Å². The Labute approximate surface area is 173 Å². The zero-order chi connectivity index (χ0) is 20.7. The molecule has 1 aromatic rings. The first kappa shape index (κ1) is 25.3. The fourth-order valence-electron chi connectivity index (χ4n) is 3.28.